The predicted octanol–water partition coefficient (Wildman–Crippen LogP) is 1.59. The van der Waals surface area contributed by atoms with E-state index in [9.17, 15) is 4.39 Å². The van der Waals surface area contributed by atoms with Gasteiger partial charge in [0.2, 0.25) is 0 Å². The Bertz CT molecular complexity index is 302. The molecule has 1 aromatic carbocycles. The Hall–Kier alpha value is -0.640. The lowest BCUT2D eigenvalue weighted by Crippen LogP contribution is -2.20. The number of aliphatic hydroxyl groups excluding tert-OH is 1. The summed E-state index contributed by atoms with van der Waals surface area (Å²) in [6.45, 7) is 0.317. The van der Waals surface area contributed by atoms with Gasteiger partial charge in [0.25, 0.3) is 0 Å². The molecule has 0 radical (unpaired) electrons. The molecule has 1 rings (SSSR count). The summed E-state index contributed by atoms with van der Waals surface area (Å²) in [5.74, 6) is -0.435. The van der Waals surface area contributed by atoms with Gasteiger partial charge in [0, 0.05) is 11.6 Å². The number of nitrogens with two attached hydrogens (primary N) is 1. The first-order valence-corrected chi connectivity index (χ1v) is 4.80. The van der Waals surface area contributed by atoms with Gasteiger partial charge in [-0.15, -0.1) is 0 Å². The van der Waals surface area contributed by atoms with Crippen molar-refractivity contribution in [2.45, 2.75) is 6.42 Å². The van der Waals surface area contributed by atoms with Gasteiger partial charge in [0.05, 0.1) is 0 Å². The minimum absolute atomic E-state index is 0.0292. The summed E-state index contributed by atoms with van der Waals surface area (Å²) in [6, 6.07) is 4.52. The van der Waals surface area contributed by atoms with E-state index >= 15 is 0 Å². The fraction of sp³-hybridized carbons (Fsp3) is 0.400. The zero-order valence-corrected chi connectivity index (χ0v) is 8.47. The Balaban J connectivity index is 2.76. The third-order valence-corrected chi connectivity index (χ3v) is 2.35. The lowest BCUT2D eigenvalue weighted by molar-refractivity contribution is 0.229. The summed E-state index contributed by atoms with van der Waals surface area (Å²) in [5.41, 5.74) is 5.94. The maximum absolute atomic E-state index is 13.3. The monoisotopic (exact) mass is 217 g/mol. The molecule has 14 heavy (non-hydrogen) atoms. The standard InChI is InChI=1S/C10H13ClFNO/c11-9-2-1-8(10(12)4-9)3-7(5-13)6-14/h1-2,4,7,14H,3,5-6,13H2. The van der Waals surface area contributed by atoms with Gasteiger partial charge in [0.1, 0.15) is 5.82 Å². The molecule has 78 valence electrons. The number of halogens is 2. The minimum Gasteiger partial charge on any atom is -0.396 e. The highest BCUT2D eigenvalue weighted by Gasteiger charge is 2.10. The number of hydrogen-bond acceptors (Lipinski definition) is 2. The normalized spacial score (nSPS) is 12.9. The molecule has 0 bridgehead atoms. The molecule has 1 atom stereocenters. The highest BCUT2D eigenvalue weighted by molar-refractivity contribution is 6.30. The average Bonchev–Trinajstić information content (AvgIpc) is 2.17. The van der Waals surface area contributed by atoms with Crippen molar-refractivity contribution in [3.8, 4) is 0 Å². The van der Waals surface area contributed by atoms with E-state index in [2.05, 4.69) is 0 Å². The molecular weight excluding hydrogens is 205 g/mol. The molecule has 0 saturated heterocycles. The van der Waals surface area contributed by atoms with Crippen molar-refractivity contribution in [3.63, 3.8) is 0 Å². The second-order valence-electron chi connectivity index (χ2n) is 3.22. The van der Waals surface area contributed by atoms with Gasteiger partial charge >= 0.3 is 0 Å². The molecule has 0 spiro atoms. The molecule has 0 aliphatic carbocycles. The molecule has 0 heterocycles. The summed E-state index contributed by atoms with van der Waals surface area (Å²) in [5, 5.41) is 9.28. The van der Waals surface area contributed by atoms with Crippen LogP contribution < -0.4 is 5.73 Å². The summed E-state index contributed by atoms with van der Waals surface area (Å²) in [7, 11) is 0. The summed E-state index contributed by atoms with van der Waals surface area (Å²) in [4.78, 5) is 0. The number of hydrogen-bond donors (Lipinski definition) is 2. The Kier molecular flexibility index (Phi) is 4.32. The van der Waals surface area contributed by atoms with Gasteiger partial charge in [-0.05, 0) is 36.6 Å². The van der Waals surface area contributed by atoms with E-state index < -0.39 is 0 Å². The first-order valence-electron chi connectivity index (χ1n) is 4.42. The fourth-order valence-electron chi connectivity index (χ4n) is 1.22. The van der Waals surface area contributed by atoms with E-state index in [1.54, 1.807) is 12.1 Å². The molecule has 0 amide bonds. The third-order valence-electron chi connectivity index (χ3n) is 2.12. The number of rotatable bonds is 4. The quantitative estimate of drug-likeness (QED) is 0.805. The molecule has 0 saturated carbocycles. The molecule has 0 fully saturated rings. The van der Waals surface area contributed by atoms with Crippen LogP contribution >= 0.6 is 11.6 Å². The number of benzene rings is 1. The van der Waals surface area contributed by atoms with E-state index in [0.29, 0.717) is 23.6 Å². The van der Waals surface area contributed by atoms with E-state index in [1.165, 1.54) is 6.07 Å². The Morgan fingerprint density at radius 2 is 2.21 bits per heavy atom. The first kappa shape index (κ1) is 11.4. The molecule has 0 aromatic heterocycles. The summed E-state index contributed by atoms with van der Waals surface area (Å²) < 4.78 is 13.3. The maximum atomic E-state index is 13.3. The molecule has 3 N–H and O–H groups in total. The van der Waals surface area contributed by atoms with Crippen molar-refractivity contribution >= 4 is 11.6 Å². The fourth-order valence-corrected chi connectivity index (χ4v) is 1.38. The van der Waals surface area contributed by atoms with Crippen molar-refractivity contribution in [2.24, 2.45) is 11.7 Å². The van der Waals surface area contributed by atoms with Crippen LogP contribution in [-0.4, -0.2) is 18.3 Å². The molecular formula is C10H13ClFNO. The van der Waals surface area contributed by atoms with Crippen LogP contribution in [0.4, 0.5) is 4.39 Å². The number of aliphatic hydroxyl groups is 1. The van der Waals surface area contributed by atoms with Gasteiger partial charge < -0.3 is 10.8 Å². The molecule has 1 aromatic rings. The van der Waals surface area contributed by atoms with Crippen molar-refractivity contribution in [2.75, 3.05) is 13.2 Å². The SMILES string of the molecule is NCC(CO)Cc1ccc(Cl)cc1F. The molecule has 0 aliphatic rings. The smallest absolute Gasteiger partial charge is 0.127 e. The van der Waals surface area contributed by atoms with E-state index in [0.717, 1.165) is 0 Å². The van der Waals surface area contributed by atoms with Gasteiger partial charge in [-0.2, -0.15) is 0 Å². The highest BCUT2D eigenvalue weighted by atomic mass is 35.5. The molecule has 0 aliphatic heterocycles. The highest BCUT2D eigenvalue weighted by Crippen LogP contribution is 2.17. The summed E-state index contributed by atoms with van der Waals surface area (Å²) >= 11 is 5.61. The average molecular weight is 218 g/mol. The lowest BCUT2D eigenvalue weighted by Gasteiger charge is -2.11. The van der Waals surface area contributed by atoms with Crippen molar-refractivity contribution < 1.29 is 9.50 Å². The van der Waals surface area contributed by atoms with Crippen LogP contribution in [0.1, 0.15) is 5.56 Å². The van der Waals surface area contributed by atoms with Crippen molar-refractivity contribution in [1.82, 2.24) is 0 Å². The molecule has 4 heteroatoms. The van der Waals surface area contributed by atoms with Crippen LogP contribution in [0.2, 0.25) is 5.02 Å². The summed E-state index contributed by atoms with van der Waals surface area (Å²) in [6.07, 6.45) is 0.440. The van der Waals surface area contributed by atoms with E-state index in [1.807, 2.05) is 0 Å². The largest absolute Gasteiger partial charge is 0.396 e. The van der Waals surface area contributed by atoms with Crippen LogP contribution in [-0.2, 0) is 6.42 Å². The topological polar surface area (TPSA) is 46.2 Å². The zero-order valence-electron chi connectivity index (χ0n) is 7.71. The minimum atomic E-state index is -0.343. The van der Waals surface area contributed by atoms with Crippen LogP contribution in [0.3, 0.4) is 0 Å². The predicted molar refractivity (Wildman–Crippen MR) is 54.7 cm³/mol. The Morgan fingerprint density at radius 1 is 1.50 bits per heavy atom. The second kappa shape index (κ2) is 5.29. The Morgan fingerprint density at radius 3 is 2.71 bits per heavy atom. The molecule has 2 nitrogen and oxygen atoms in total. The Labute approximate surface area is 87.5 Å². The van der Waals surface area contributed by atoms with Crippen LogP contribution in [0.15, 0.2) is 18.2 Å². The van der Waals surface area contributed by atoms with Gasteiger partial charge in [0.15, 0.2) is 0 Å². The van der Waals surface area contributed by atoms with Crippen LogP contribution in [0.25, 0.3) is 0 Å². The van der Waals surface area contributed by atoms with Crippen molar-refractivity contribution in [1.29, 1.82) is 0 Å². The third kappa shape index (κ3) is 2.94. The van der Waals surface area contributed by atoms with Crippen LogP contribution in [0.5, 0.6) is 0 Å². The lowest BCUT2D eigenvalue weighted by atomic mass is 10.00. The van der Waals surface area contributed by atoms with E-state index in [-0.39, 0.29) is 18.3 Å². The van der Waals surface area contributed by atoms with Gasteiger partial charge in [-0.3, -0.25) is 0 Å². The van der Waals surface area contributed by atoms with E-state index in [4.69, 9.17) is 22.4 Å². The van der Waals surface area contributed by atoms with Crippen molar-refractivity contribution in [3.05, 3.63) is 34.6 Å². The zero-order chi connectivity index (χ0) is 10.6. The van der Waals surface area contributed by atoms with Gasteiger partial charge in [-0.1, -0.05) is 17.7 Å². The first-order chi connectivity index (χ1) is 6.67. The van der Waals surface area contributed by atoms with Crippen LogP contribution in [0, 0.1) is 11.7 Å². The molecule has 1 unspecified atom stereocenters. The van der Waals surface area contributed by atoms with Gasteiger partial charge in [-0.25, -0.2) is 4.39 Å². The maximum Gasteiger partial charge on any atom is 0.127 e. The second-order valence-corrected chi connectivity index (χ2v) is 3.66.